The first-order chi connectivity index (χ1) is 8.00. The van der Waals surface area contributed by atoms with Gasteiger partial charge in [-0.25, -0.2) is 0 Å². The zero-order valence-corrected chi connectivity index (χ0v) is 11.1. The molecule has 0 bridgehead atoms. The van der Waals surface area contributed by atoms with E-state index < -0.39 is 23.9 Å². The number of halogens is 3. The number of ether oxygens (including phenoxy) is 1. The number of piperidine rings is 1. The highest BCUT2D eigenvalue weighted by molar-refractivity contribution is 5.88. The molecular formula is C12H20F3NO2. The summed E-state index contributed by atoms with van der Waals surface area (Å²) in [5.74, 6) is 0.0276. The number of nitrogens with one attached hydrogen (secondary N) is 1. The van der Waals surface area contributed by atoms with Crippen LogP contribution in [-0.4, -0.2) is 30.3 Å². The summed E-state index contributed by atoms with van der Waals surface area (Å²) in [5, 5.41) is 2.92. The smallest absolute Gasteiger partial charge is 0.302 e. The van der Waals surface area contributed by atoms with Gasteiger partial charge in [-0.3, -0.25) is 9.53 Å². The van der Waals surface area contributed by atoms with E-state index in [4.69, 9.17) is 0 Å². The molecule has 0 aromatic rings. The third-order valence-corrected chi connectivity index (χ3v) is 3.10. The molecule has 6 heteroatoms. The Morgan fingerprint density at radius 2 is 1.78 bits per heavy atom. The van der Waals surface area contributed by atoms with E-state index >= 15 is 0 Å². The molecule has 1 saturated heterocycles. The average molecular weight is 267 g/mol. The van der Waals surface area contributed by atoms with E-state index in [1.807, 2.05) is 0 Å². The Balaban J connectivity index is 2.59. The lowest BCUT2D eigenvalue weighted by atomic mass is 9.82. The number of rotatable bonds is 2. The van der Waals surface area contributed by atoms with Crippen molar-refractivity contribution < 1.29 is 22.7 Å². The summed E-state index contributed by atoms with van der Waals surface area (Å²) in [6.45, 7) is 7.03. The highest BCUT2D eigenvalue weighted by Gasteiger charge is 2.41. The quantitative estimate of drug-likeness (QED) is 0.836. The van der Waals surface area contributed by atoms with Gasteiger partial charge in [0.05, 0.1) is 12.1 Å². The van der Waals surface area contributed by atoms with Gasteiger partial charge in [0.15, 0.2) is 5.78 Å². The Hall–Kier alpha value is -0.620. The van der Waals surface area contributed by atoms with Crippen LogP contribution in [-0.2, 0) is 9.53 Å². The number of hydrogen-bond acceptors (Lipinski definition) is 3. The summed E-state index contributed by atoms with van der Waals surface area (Å²) < 4.78 is 40.5. The number of Topliss-reactive ketones (excluding diaryl/α,β-unsaturated/α-hetero) is 1. The zero-order chi connectivity index (χ0) is 14.1. The van der Waals surface area contributed by atoms with Gasteiger partial charge in [-0.05, 0) is 19.8 Å². The zero-order valence-electron chi connectivity index (χ0n) is 11.1. The summed E-state index contributed by atoms with van der Waals surface area (Å²) in [4.78, 5) is 12.0. The summed E-state index contributed by atoms with van der Waals surface area (Å²) >= 11 is 0. The predicted molar refractivity (Wildman–Crippen MR) is 61.0 cm³/mol. The van der Waals surface area contributed by atoms with E-state index in [-0.39, 0.29) is 18.2 Å². The fraction of sp³-hybridized carbons (Fsp3) is 0.917. The molecule has 3 unspecified atom stereocenters. The van der Waals surface area contributed by atoms with Crippen LogP contribution >= 0.6 is 0 Å². The molecular weight excluding hydrogens is 247 g/mol. The fourth-order valence-corrected chi connectivity index (χ4v) is 2.15. The first-order valence-corrected chi connectivity index (χ1v) is 6.05. The lowest BCUT2D eigenvalue weighted by Crippen LogP contribution is -2.55. The number of alkyl halides is 3. The van der Waals surface area contributed by atoms with Crippen LogP contribution in [0.5, 0.6) is 0 Å². The lowest BCUT2D eigenvalue weighted by molar-refractivity contribution is -0.347. The second kappa shape index (κ2) is 5.17. The Morgan fingerprint density at radius 1 is 1.22 bits per heavy atom. The highest BCUT2D eigenvalue weighted by atomic mass is 19.4. The lowest BCUT2D eigenvalue weighted by Gasteiger charge is -2.37. The van der Waals surface area contributed by atoms with E-state index in [2.05, 4.69) is 10.1 Å². The molecule has 0 saturated carbocycles. The normalized spacial score (nSPS) is 30.3. The van der Waals surface area contributed by atoms with Crippen molar-refractivity contribution in [3.05, 3.63) is 0 Å². The van der Waals surface area contributed by atoms with Gasteiger partial charge in [0, 0.05) is 11.5 Å². The second-order valence-electron chi connectivity index (χ2n) is 5.80. The number of ketones is 1. The Kier molecular flexibility index (Phi) is 4.43. The molecule has 3 atom stereocenters. The van der Waals surface area contributed by atoms with E-state index in [1.54, 1.807) is 27.7 Å². The van der Waals surface area contributed by atoms with Crippen molar-refractivity contribution in [3.63, 3.8) is 0 Å². The van der Waals surface area contributed by atoms with Gasteiger partial charge in [0.25, 0.3) is 0 Å². The average Bonchev–Trinajstić information content (AvgIpc) is 2.16. The van der Waals surface area contributed by atoms with E-state index in [0.29, 0.717) is 6.42 Å². The van der Waals surface area contributed by atoms with Gasteiger partial charge in [-0.1, -0.05) is 20.8 Å². The minimum absolute atomic E-state index is 0.0276. The van der Waals surface area contributed by atoms with Gasteiger partial charge < -0.3 is 5.32 Å². The minimum Gasteiger partial charge on any atom is -0.302 e. The van der Waals surface area contributed by atoms with Crippen LogP contribution in [0.25, 0.3) is 0 Å². The van der Waals surface area contributed by atoms with Crippen molar-refractivity contribution in [1.82, 2.24) is 5.32 Å². The van der Waals surface area contributed by atoms with Gasteiger partial charge in [0.2, 0.25) is 0 Å². The van der Waals surface area contributed by atoms with Crippen molar-refractivity contribution >= 4 is 5.78 Å². The predicted octanol–water partition coefficient (Wildman–Crippen LogP) is 2.65. The van der Waals surface area contributed by atoms with Crippen LogP contribution in [0.15, 0.2) is 0 Å². The summed E-state index contributed by atoms with van der Waals surface area (Å²) in [6, 6.07) is -0.871. The van der Waals surface area contributed by atoms with Crippen molar-refractivity contribution in [2.24, 2.45) is 5.41 Å². The van der Waals surface area contributed by atoms with Crippen molar-refractivity contribution in [1.29, 1.82) is 0 Å². The third-order valence-electron chi connectivity index (χ3n) is 3.10. The van der Waals surface area contributed by atoms with E-state index in [9.17, 15) is 18.0 Å². The molecule has 0 spiro atoms. The van der Waals surface area contributed by atoms with Gasteiger partial charge in [-0.2, -0.15) is 0 Å². The van der Waals surface area contributed by atoms with Crippen molar-refractivity contribution in [2.75, 3.05) is 0 Å². The van der Waals surface area contributed by atoms with E-state index in [0.717, 1.165) is 0 Å². The molecule has 1 heterocycles. The molecule has 0 amide bonds. The molecule has 1 N–H and O–H groups in total. The molecule has 0 aromatic carbocycles. The van der Waals surface area contributed by atoms with Crippen LogP contribution in [0, 0.1) is 5.41 Å². The SMILES string of the molecule is CC1NC(C(=O)C(C)(C)C)CCC1OC(F)(F)F. The maximum atomic E-state index is 12.1. The first kappa shape index (κ1) is 15.4. The summed E-state index contributed by atoms with van der Waals surface area (Å²) in [6.07, 6.45) is -4.93. The summed E-state index contributed by atoms with van der Waals surface area (Å²) in [5.41, 5.74) is -0.491. The minimum atomic E-state index is -4.62. The molecule has 1 fully saturated rings. The monoisotopic (exact) mass is 267 g/mol. The van der Waals surface area contributed by atoms with Gasteiger partial charge in [-0.15, -0.1) is 13.2 Å². The molecule has 0 radical (unpaired) electrons. The largest absolute Gasteiger partial charge is 0.522 e. The fourth-order valence-electron chi connectivity index (χ4n) is 2.15. The molecule has 0 aromatic heterocycles. The second-order valence-corrected chi connectivity index (χ2v) is 5.80. The first-order valence-electron chi connectivity index (χ1n) is 6.05. The summed E-state index contributed by atoms with van der Waals surface area (Å²) in [7, 11) is 0. The molecule has 3 nitrogen and oxygen atoms in total. The molecule has 106 valence electrons. The van der Waals surface area contributed by atoms with Crippen LogP contribution in [0.2, 0.25) is 0 Å². The van der Waals surface area contributed by atoms with Crippen LogP contribution < -0.4 is 5.32 Å². The maximum absolute atomic E-state index is 12.1. The van der Waals surface area contributed by atoms with E-state index in [1.165, 1.54) is 0 Å². The highest BCUT2D eigenvalue weighted by Crippen LogP contribution is 2.28. The molecule has 1 aliphatic heterocycles. The molecule has 18 heavy (non-hydrogen) atoms. The van der Waals surface area contributed by atoms with Crippen LogP contribution in [0.3, 0.4) is 0 Å². The number of carbonyl (C=O) groups excluding carboxylic acids is 1. The maximum Gasteiger partial charge on any atom is 0.522 e. The Labute approximate surface area is 105 Å². The number of carbonyl (C=O) groups is 1. The van der Waals surface area contributed by atoms with Crippen LogP contribution in [0.4, 0.5) is 13.2 Å². The third kappa shape index (κ3) is 4.24. The molecule has 0 aliphatic carbocycles. The van der Waals surface area contributed by atoms with Gasteiger partial charge >= 0.3 is 6.36 Å². The number of hydrogen-bond donors (Lipinski definition) is 1. The molecule has 1 aliphatic rings. The Bertz CT molecular complexity index is 309. The topological polar surface area (TPSA) is 38.3 Å². The van der Waals surface area contributed by atoms with Crippen molar-refractivity contribution in [3.8, 4) is 0 Å². The molecule has 1 rings (SSSR count). The standard InChI is InChI=1S/C12H20F3NO2/c1-7-9(18-12(13,14)15)6-5-8(16-7)10(17)11(2,3)4/h7-9,16H,5-6H2,1-4H3. The van der Waals surface area contributed by atoms with Crippen molar-refractivity contribution in [2.45, 2.75) is 65.1 Å². The Morgan fingerprint density at radius 3 is 2.17 bits per heavy atom. The van der Waals surface area contributed by atoms with Crippen LogP contribution in [0.1, 0.15) is 40.5 Å². The van der Waals surface area contributed by atoms with Gasteiger partial charge in [0.1, 0.15) is 0 Å².